The molecule has 2 rings (SSSR count). The van der Waals surface area contributed by atoms with E-state index in [4.69, 9.17) is 13.8 Å². The Hall–Kier alpha value is -1.94. The summed E-state index contributed by atoms with van der Waals surface area (Å²) in [5.41, 5.74) is 3.04. The van der Waals surface area contributed by atoms with Gasteiger partial charge in [-0.2, -0.15) is 0 Å². The fourth-order valence-corrected chi connectivity index (χ4v) is 4.19. The number of hydrogen-bond acceptors (Lipinski definition) is 4. The first kappa shape index (κ1) is 23.3. The summed E-state index contributed by atoms with van der Waals surface area (Å²) in [7, 11) is -0.808. The minimum absolute atomic E-state index is 0.475. The molecule has 1 aromatic carbocycles. The summed E-state index contributed by atoms with van der Waals surface area (Å²) in [4.78, 5) is 11.2. The lowest BCUT2D eigenvalue weighted by Gasteiger charge is -2.15. The lowest BCUT2D eigenvalue weighted by Crippen LogP contribution is -2.11. The molecule has 1 unspecified atom stereocenters. The average Bonchev–Trinajstić information content (AvgIpc) is 2.97. The fourth-order valence-electron chi connectivity index (χ4n) is 2.90. The van der Waals surface area contributed by atoms with Crippen molar-refractivity contribution in [1.82, 2.24) is 0 Å². The maximum atomic E-state index is 11.2. The van der Waals surface area contributed by atoms with Gasteiger partial charge in [-0.05, 0) is 56.9 Å². The average molecular weight is 418 g/mol. The minimum Gasteiger partial charge on any atom is -0.494 e. The van der Waals surface area contributed by atoms with Gasteiger partial charge in [0.2, 0.25) is 0 Å². The normalized spacial score (nSPS) is 14.9. The van der Waals surface area contributed by atoms with Crippen LogP contribution in [0.4, 0.5) is 0 Å². The molecule has 1 aromatic rings. The largest absolute Gasteiger partial charge is 0.494 e. The third-order valence-electron chi connectivity index (χ3n) is 4.54. The second-order valence-electron chi connectivity index (χ2n) is 6.65. The van der Waals surface area contributed by atoms with Crippen LogP contribution in [0, 0.1) is 5.92 Å². The summed E-state index contributed by atoms with van der Waals surface area (Å²) in [5.74, 6) is -0.435. The van der Waals surface area contributed by atoms with Gasteiger partial charge in [-0.15, -0.1) is 0 Å². The van der Waals surface area contributed by atoms with E-state index in [-0.39, 0.29) is 0 Å². The molecular weight excluding hydrogens is 387 g/mol. The third-order valence-corrected chi connectivity index (χ3v) is 6.32. The molecule has 5 nitrogen and oxygen atoms in total. The molecule has 0 spiro atoms. The summed E-state index contributed by atoms with van der Waals surface area (Å²) < 4.78 is 17.0. The van der Waals surface area contributed by atoms with Gasteiger partial charge in [0.15, 0.2) is 8.38 Å². The molecule has 0 heterocycles. The van der Waals surface area contributed by atoms with E-state index < -0.39 is 20.3 Å². The van der Waals surface area contributed by atoms with E-state index in [0.717, 1.165) is 35.0 Å². The van der Waals surface area contributed by atoms with Crippen LogP contribution in [0.1, 0.15) is 39.2 Å². The minimum atomic E-state index is -0.808. The van der Waals surface area contributed by atoms with Gasteiger partial charge in [0.1, 0.15) is 5.75 Å². The second-order valence-corrected chi connectivity index (χ2v) is 8.28. The van der Waals surface area contributed by atoms with Crippen LogP contribution >= 0.6 is 8.38 Å². The maximum Gasteiger partial charge on any atom is 0.310 e. The molecule has 1 N–H and O–H groups in total. The summed E-state index contributed by atoms with van der Waals surface area (Å²) in [5, 5.41) is 9.20. The summed E-state index contributed by atoms with van der Waals surface area (Å²) in [6.45, 7) is 7.65. The lowest BCUT2D eigenvalue weighted by atomic mass is 9.98. The summed E-state index contributed by atoms with van der Waals surface area (Å²) >= 11 is 0. The predicted molar refractivity (Wildman–Crippen MR) is 118 cm³/mol. The Bertz CT molecular complexity index is 730. The highest BCUT2D eigenvalue weighted by Crippen LogP contribution is 2.38. The summed E-state index contributed by atoms with van der Waals surface area (Å²) in [6, 6.07) is 7.98. The Labute approximate surface area is 175 Å². The smallest absolute Gasteiger partial charge is 0.310 e. The number of carboxylic acid groups (broad SMARTS) is 1. The Kier molecular flexibility index (Phi) is 10.1. The van der Waals surface area contributed by atoms with Crippen LogP contribution in [0.15, 0.2) is 54.1 Å². The SMILES string of the molecule is CCOP(CCCOc1ccc(C2=CC=C(C(C)C(=O)O)CC=C2)cc1)OCC. The number of allylic oxidation sites excluding steroid dienone is 5. The van der Waals surface area contributed by atoms with E-state index in [2.05, 4.69) is 0 Å². The van der Waals surface area contributed by atoms with Crippen LogP contribution in [0.2, 0.25) is 0 Å². The quantitative estimate of drug-likeness (QED) is 0.342. The highest BCUT2D eigenvalue weighted by Gasteiger charge is 2.16. The number of aliphatic carboxylic acids is 1. The third kappa shape index (κ3) is 7.77. The molecule has 0 aliphatic heterocycles. The van der Waals surface area contributed by atoms with Gasteiger partial charge in [0, 0.05) is 6.16 Å². The molecule has 0 saturated heterocycles. The molecule has 6 heteroatoms. The van der Waals surface area contributed by atoms with Gasteiger partial charge >= 0.3 is 5.97 Å². The zero-order valence-corrected chi connectivity index (χ0v) is 18.4. The monoisotopic (exact) mass is 418 g/mol. The molecule has 0 amide bonds. The van der Waals surface area contributed by atoms with Crippen molar-refractivity contribution in [2.45, 2.75) is 33.6 Å². The van der Waals surface area contributed by atoms with E-state index >= 15 is 0 Å². The van der Waals surface area contributed by atoms with Crippen molar-refractivity contribution in [3.05, 3.63) is 59.7 Å². The first-order valence-electron chi connectivity index (χ1n) is 10.1. The number of benzene rings is 1. The van der Waals surface area contributed by atoms with E-state index in [1.54, 1.807) is 6.92 Å². The fraction of sp³-hybridized carbons (Fsp3) is 0.435. The van der Waals surface area contributed by atoms with E-state index in [0.29, 0.717) is 26.2 Å². The van der Waals surface area contributed by atoms with Gasteiger partial charge in [0.25, 0.3) is 0 Å². The number of carbonyl (C=O) groups is 1. The first-order chi connectivity index (χ1) is 14.0. The molecule has 0 fully saturated rings. The van der Waals surface area contributed by atoms with Crippen LogP contribution in [0.5, 0.6) is 5.75 Å². The van der Waals surface area contributed by atoms with Crippen molar-refractivity contribution in [2.75, 3.05) is 26.0 Å². The van der Waals surface area contributed by atoms with Crippen molar-refractivity contribution < 1.29 is 23.7 Å². The van der Waals surface area contributed by atoms with E-state index in [9.17, 15) is 9.90 Å². The van der Waals surface area contributed by atoms with Crippen LogP contribution in [-0.2, 0) is 13.8 Å². The molecule has 29 heavy (non-hydrogen) atoms. The van der Waals surface area contributed by atoms with Crippen LogP contribution in [-0.4, -0.2) is 37.1 Å². The Morgan fingerprint density at radius 2 is 1.83 bits per heavy atom. The Balaban J connectivity index is 1.89. The topological polar surface area (TPSA) is 65.0 Å². The van der Waals surface area contributed by atoms with Crippen molar-refractivity contribution >= 4 is 19.9 Å². The number of rotatable bonds is 12. The summed E-state index contributed by atoms with van der Waals surface area (Å²) in [6.07, 6.45) is 10.4. The zero-order chi connectivity index (χ0) is 21.1. The molecule has 0 aromatic heterocycles. The Morgan fingerprint density at radius 3 is 2.45 bits per heavy atom. The van der Waals surface area contributed by atoms with E-state index in [1.807, 2.05) is 62.4 Å². The van der Waals surface area contributed by atoms with Crippen LogP contribution < -0.4 is 4.74 Å². The van der Waals surface area contributed by atoms with Crippen molar-refractivity contribution in [3.63, 3.8) is 0 Å². The number of ether oxygens (including phenoxy) is 1. The second kappa shape index (κ2) is 12.6. The molecule has 1 aliphatic carbocycles. The lowest BCUT2D eigenvalue weighted by molar-refractivity contribution is -0.139. The van der Waals surface area contributed by atoms with Gasteiger partial charge in [-0.1, -0.05) is 42.0 Å². The highest BCUT2D eigenvalue weighted by atomic mass is 31.2. The van der Waals surface area contributed by atoms with Crippen molar-refractivity contribution in [3.8, 4) is 5.75 Å². The van der Waals surface area contributed by atoms with Crippen LogP contribution in [0.25, 0.3) is 5.57 Å². The van der Waals surface area contributed by atoms with Crippen molar-refractivity contribution in [1.29, 1.82) is 0 Å². The maximum absolute atomic E-state index is 11.2. The molecule has 0 saturated carbocycles. The molecule has 1 aliphatic rings. The van der Waals surface area contributed by atoms with Crippen molar-refractivity contribution in [2.24, 2.45) is 5.92 Å². The van der Waals surface area contributed by atoms with Gasteiger partial charge in [-0.3, -0.25) is 4.79 Å². The molecule has 1 atom stereocenters. The number of carboxylic acids is 1. The Morgan fingerprint density at radius 1 is 1.14 bits per heavy atom. The first-order valence-corrected chi connectivity index (χ1v) is 11.5. The molecule has 158 valence electrons. The van der Waals surface area contributed by atoms with Crippen LogP contribution in [0.3, 0.4) is 0 Å². The zero-order valence-electron chi connectivity index (χ0n) is 17.5. The molecular formula is C23H31O5P. The number of hydrogen-bond donors (Lipinski definition) is 1. The highest BCUT2D eigenvalue weighted by molar-refractivity contribution is 7.47. The van der Waals surface area contributed by atoms with Gasteiger partial charge in [-0.25, -0.2) is 0 Å². The molecule has 0 radical (unpaired) electrons. The van der Waals surface area contributed by atoms with E-state index in [1.165, 1.54) is 0 Å². The standard InChI is InChI=1S/C23H31O5P/c1-4-27-29(28-5-2)17-7-16-26-22-14-12-21(13-15-22)20-9-6-8-19(10-11-20)18(3)23(24)25/h6,9-15,18H,4-5,7-8,16-17H2,1-3H3,(H,24,25). The van der Waals surface area contributed by atoms with Gasteiger partial charge in [0.05, 0.1) is 25.7 Å². The molecule has 0 bridgehead atoms. The predicted octanol–water partition coefficient (Wildman–Crippen LogP) is 5.83. The van der Waals surface area contributed by atoms with Gasteiger partial charge < -0.3 is 18.9 Å².